The highest BCUT2D eigenvalue weighted by molar-refractivity contribution is 6.31. The van der Waals surface area contributed by atoms with Crippen LogP contribution in [0.2, 0.25) is 5.02 Å². The Morgan fingerprint density at radius 3 is 2.41 bits per heavy atom. The summed E-state index contributed by atoms with van der Waals surface area (Å²) in [5, 5.41) is 8.19. The van der Waals surface area contributed by atoms with Crippen molar-refractivity contribution in [1.82, 2.24) is 19.6 Å². The second kappa shape index (κ2) is 8.61. The molecule has 0 aliphatic heterocycles. The molecule has 0 unspecified atom stereocenters. The number of fused-ring (bicyclic) bond motifs is 1. The van der Waals surface area contributed by atoms with Crippen LogP contribution in [0.25, 0.3) is 28.2 Å². The number of nitrogens with one attached hydrogen (secondary N) is 1. The van der Waals surface area contributed by atoms with Crippen LogP contribution in [0.4, 0.5) is 5.82 Å². The maximum Gasteiger partial charge on any atom is 0.230 e. The van der Waals surface area contributed by atoms with Gasteiger partial charge in [-0.25, -0.2) is 4.98 Å². The molecular weight excluding hydrogens is 422 g/mol. The molecule has 3 aromatic heterocycles. The number of halogens is 1. The molecule has 0 spiro atoms. The number of amides is 1. The third-order valence-corrected chi connectivity index (χ3v) is 5.43. The molecule has 0 bridgehead atoms. The zero-order chi connectivity index (χ0) is 21.9. The molecule has 0 fully saturated rings. The normalized spacial score (nSPS) is 10.9. The number of rotatable bonds is 5. The van der Waals surface area contributed by atoms with Crippen LogP contribution in [-0.2, 0) is 11.2 Å². The van der Waals surface area contributed by atoms with E-state index in [1.54, 1.807) is 23.0 Å². The van der Waals surface area contributed by atoms with Crippen molar-refractivity contribution >= 4 is 29.0 Å². The molecule has 156 valence electrons. The van der Waals surface area contributed by atoms with Crippen molar-refractivity contribution in [2.45, 2.75) is 6.42 Å². The zero-order valence-electron chi connectivity index (χ0n) is 16.9. The average molecular weight is 440 g/mol. The first-order chi connectivity index (χ1) is 15.7. The molecule has 2 aromatic carbocycles. The van der Waals surface area contributed by atoms with E-state index in [4.69, 9.17) is 16.6 Å². The standard InChI is InChI=1S/C25H18ClN5O/c26-21-9-5-4-8-19(21)16-24(32)28-22-14-20(17-10-12-27-13-11-17)15-23-29-25(30-31(22)23)18-6-2-1-3-7-18/h1-15H,16H2,(H,28,32). The van der Waals surface area contributed by atoms with Crippen molar-refractivity contribution in [2.24, 2.45) is 0 Å². The number of nitrogens with zero attached hydrogens (tertiary/aromatic N) is 4. The van der Waals surface area contributed by atoms with E-state index in [1.165, 1.54) is 0 Å². The first-order valence-electron chi connectivity index (χ1n) is 10.1. The lowest BCUT2D eigenvalue weighted by Crippen LogP contribution is -2.17. The minimum absolute atomic E-state index is 0.154. The predicted molar refractivity (Wildman–Crippen MR) is 125 cm³/mol. The molecule has 6 nitrogen and oxygen atoms in total. The Kier molecular flexibility index (Phi) is 5.35. The second-order valence-electron chi connectivity index (χ2n) is 7.25. The average Bonchev–Trinajstić information content (AvgIpc) is 3.26. The van der Waals surface area contributed by atoms with Gasteiger partial charge in [0.2, 0.25) is 5.91 Å². The van der Waals surface area contributed by atoms with E-state index in [0.29, 0.717) is 22.3 Å². The smallest absolute Gasteiger partial charge is 0.230 e. The highest BCUT2D eigenvalue weighted by Crippen LogP contribution is 2.26. The van der Waals surface area contributed by atoms with Crippen LogP contribution in [0.1, 0.15) is 5.56 Å². The highest BCUT2D eigenvalue weighted by atomic mass is 35.5. The lowest BCUT2D eigenvalue weighted by atomic mass is 10.1. The van der Waals surface area contributed by atoms with E-state index in [9.17, 15) is 4.79 Å². The largest absolute Gasteiger partial charge is 0.310 e. The molecule has 7 heteroatoms. The molecule has 32 heavy (non-hydrogen) atoms. The van der Waals surface area contributed by atoms with Gasteiger partial charge in [-0.05, 0) is 47.0 Å². The van der Waals surface area contributed by atoms with Crippen molar-refractivity contribution < 1.29 is 4.79 Å². The molecule has 0 atom stereocenters. The van der Waals surface area contributed by atoms with Crippen LogP contribution in [-0.4, -0.2) is 25.5 Å². The Hall–Kier alpha value is -4.03. The topological polar surface area (TPSA) is 72.2 Å². The molecule has 0 radical (unpaired) electrons. The Balaban J connectivity index is 1.56. The van der Waals surface area contributed by atoms with Gasteiger partial charge in [0, 0.05) is 23.0 Å². The van der Waals surface area contributed by atoms with Gasteiger partial charge in [-0.2, -0.15) is 4.52 Å². The molecule has 0 aliphatic rings. The molecule has 5 aromatic rings. The van der Waals surface area contributed by atoms with E-state index >= 15 is 0 Å². The Labute approximate surface area is 189 Å². The van der Waals surface area contributed by atoms with Crippen molar-refractivity contribution in [3.05, 3.63) is 102 Å². The summed E-state index contributed by atoms with van der Waals surface area (Å²) in [4.78, 5) is 21.6. The van der Waals surface area contributed by atoms with Crippen LogP contribution in [0, 0.1) is 0 Å². The van der Waals surface area contributed by atoms with E-state index in [-0.39, 0.29) is 12.3 Å². The third kappa shape index (κ3) is 4.08. The van der Waals surface area contributed by atoms with Crippen molar-refractivity contribution in [3.63, 3.8) is 0 Å². The first-order valence-corrected chi connectivity index (χ1v) is 10.4. The molecule has 0 saturated carbocycles. The van der Waals surface area contributed by atoms with Gasteiger partial charge in [-0.1, -0.05) is 60.1 Å². The number of carbonyl (C=O) groups is 1. The van der Waals surface area contributed by atoms with Gasteiger partial charge in [0.25, 0.3) is 0 Å². The Morgan fingerprint density at radius 2 is 1.62 bits per heavy atom. The summed E-state index contributed by atoms with van der Waals surface area (Å²) >= 11 is 6.23. The fourth-order valence-electron chi connectivity index (χ4n) is 3.50. The van der Waals surface area contributed by atoms with E-state index in [1.807, 2.05) is 72.8 Å². The second-order valence-corrected chi connectivity index (χ2v) is 7.66. The van der Waals surface area contributed by atoms with Gasteiger partial charge in [0.15, 0.2) is 11.5 Å². The minimum atomic E-state index is -0.192. The van der Waals surface area contributed by atoms with E-state index < -0.39 is 0 Å². The monoisotopic (exact) mass is 439 g/mol. The van der Waals surface area contributed by atoms with Crippen molar-refractivity contribution in [3.8, 4) is 22.5 Å². The SMILES string of the molecule is O=C(Cc1ccccc1Cl)Nc1cc(-c2ccncc2)cc2nc(-c3ccccc3)nn12. The number of pyridine rings is 2. The van der Waals surface area contributed by atoms with Gasteiger partial charge < -0.3 is 5.32 Å². The fraction of sp³-hybridized carbons (Fsp3) is 0.0400. The lowest BCUT2D eigenvalue weighted by Gasteiger charge is -2.10. The van der Waals surface area contributed by atoms with Gasteiger partial charge in [0.1, 0.15) is 5.82 Å². The molecule has 1 N–H and O–H groups in total. The Morgan fingerprint density at radius 1 is 0.875 bits per heavy atom. The third-order valence-electron chi connectivity index (χ3n) is 5.06. The molecule has 5 rings (SSSR count). The van der Waals surface area contributed by atoms with Gasteiger partial charge in [0.05, 0.1) is 6.42 Å². The summed E-state index contributed by atoms with van der Waals surface area (Å²) in [5.74, 6) is 0.920. The number of benzene rings is 2. The number of anilines is 1. The zero-order valence-corrected chi connectivity index (χ0v) is 17.7. The molecule has 0 aliphatic carbocycles. The summed E-state index contributed by atoms with van der Waals surface area (Å²) in [5.41, 5.74) is 4.16. The van der Waals surface area contributed by atoms with E-state index in [0.717, 1.165) is 22.3 Å². The Bertz CT molecular complexity index is 1400. The molecule has 3 heterocycles. The summed E-state index contributed by atoms with van der Waals surface area (Å²) < 4.78 is 1.65. The van der Waals surface area contributed by atoms with Crippen LogP contribution in [0.5, 0.6) is 0 Å². The van der Waals surface area contributed by atoms with Gasteiger partial charge >= 0.3 is 0 Å². The maximum atomic E-state index is 12.9. The van der Waals surface area contributed by atoms with Crippen molar-refractivity contribution in [1.29, 1.82) is 0 Å². The lowest BCUT2D eigenvalue weighted by molar-refractivity contribution is -0.115. The summed E-state index contributed by atoms with van der Waals surface area (Å²) in [6, 6.07) is 24.7. The van der Waals surface area contributed by atoms with Crippen LogP contribution >= 0.6 is 11.6 Å². The highest BCUT2D eigenvalue weighted by Gasteiger charge is 2.15. The van der Waals surface area contributed by atoms with Crippen LogP contribution < -0.4 is 5.32 Å². The number of hydrogen-bond donors (Lipinski definition) is 1. The molecular formula is C25H18ClN5O. The van der Waals surface area contributed by atoms with E-state index in [2.05, 4.69) is 15.4 Å². The van der Waals surface area contributed by atoms with Crippen molar-refractivity contribution in [2.75, 3.05) is 5.32 Å². The fourth-order valence-corrected chi connectivity index (χ4v) is 3.70. The quantitative estimate of drug-likeness (QED) is 0.403. The number of carbonyl (C=O) groups excluding carboxylic acids is 1. The summed E-state index contributed by atoms with van der Waals surface area (Å²) in [7, 11) is 0. The number of hydrogen-bond acceptors (Lipinski definition) is 4. The van der Waals surface area contributed by atoms with Crippen LogP contribution in [0.3, 0.4) is 0 Å². The predicted octanol–water partition coefficient (Wildman–Crippen LogP) is 5.29. The molecule has 0 saturated heterocycles. The van der Waals surface area contributed by atoms with Crippen LogP contribution in [0.15, 0.2) is 91.3 Å². The minimum Gasteiger partial charge on any atom is -0.310 e. The summed E-state index contributed by atoms with van der Waals surface area (Å²) in [6.07, 6.45) is 3.61. The summed E-state index contributed by atoms with van der Waals surface area (Å²) in [6.45, 7) is 0. The number of aromatic nitrogens is 4. The van der Waals surface area contributed by atoms with Gasteiger partial charge in [-0.3, -0.25) is 9.78 Å². The molecule has 1 amide bonds. The first kappa shape index (κ1) is 19.9. The maximum absolute atomic E-state index is 12.9. The van der Waals surface area contributed by atoms with Gasteiger partial charge in [-0.15, -0.1) is 5.10 Å².